The third kappa shape index (κ3) is 3.75. The molecule has 2 heterocycles. The molecule has 0 aliphatic rings. The number of hydrogen-bond acceptors (Lipinski definition) is 7. The number of sulfone groups is 1. The zero-order valence-electron chi connectivity index (χ0n) is 10.7. The van der Waals surface area contributed by atoms with Crippen LogP contribution in [0.15, 0.2) is 33.8 Å². The molecule has 0 bridgehead atoms. The van der Waals surface area contributed by atoms with Gasteiger partial charge in [0.05, 0.1) is 14.8 Å². The summed E-state index contributed by atoms with van der Waals surface area (Å²) in [5.41, 5.74) is 0.631. The van der Waals surface area contributed by atoms with Gasteiger partial charge in [0.15, 0.2) is 0 Å². The highest BCUT2D eigenvalue weighted by Gasteiger charge is 2.13. The van der Waals surface area contributed by atoms with Crippen LogP contribution in [0.3, 0.4) is 0 Å². The Bertz CT molecular complexity index is 680. The van der Waals surface area contributed by atoms with E-state index in [2.05, 4.69) is 9.97 Å². The van der Waals surface area contributed by atoms with E-state index < -0.39 is 9.84 Å². The number of hydrogen-bond donors (Lipinski definition) is 0. The maximum absolute atomic E-state index is 11.4. The third-order valence-corrected chi connectivity index (χ3v) is 4.99. The van der Waals surface area contributed by atoms with Crippen LogP contribution >= 0.6 is 23.3 Å². The van der Waals surface area contributed by atoms with Gasteiger partial charge in [0, 0.05) is 12.5 Å². The summed E-state index contributed by atoms with van der Waals surface area (Å²) in [4.78, 5) is 8.81. The van der Waals surface area contributed by atoms with Crippen molar-refractivity contribution in [1.29, 1.82) is 0 Å². The van der Waals surface area contributed by atoms with Gasteiger partial charge in [-0.15, -0.1) is 11.3 Å². The third-order valence-electron chi connectivity index (χ3n) is 2.07. The zero-order valence-corrected chi connectivity index (χ0v) is 13.1. The first kappa shape index (κ1) is 14.4. The van der Waals surface area contributed by atoms with Gasteiger partial charge < -0.3 is 0 Å². The highest BCUT2D eigenvalue weighted by molar-refractivity contribution is 7.99. The molecule has 8 heteroatoms. The van der Waals surface area contributed by atoms with E-state index in [0.717, 1.165) is 15.3 Å². The van der Waals surface area contributed by atoms with Crippen molar-refractivity contribution in [3.05, 3.63) is 24.4 Å². The molecule has 2 rings (SSSR count). The molecule has 19 heavy (non-hydrogen) atoms. The van der Waals surface area contributed by atoms with Crippen LogP contribution in [0.25, 0.3) is 10.6 Å². The molecule has 0 aromatic carbocycles. The Kier molecular flexibility index (Phi) is 4.24. The van der Waals surface area contributed by atoms with Gasteiger partial charge in [-0.25, -0.2) is 18.4 Å². The second-order valence-corrected chi connectivity index (χ2v) is 8.62. The number of nitrogens with zero attached hydrogens (tertiary/aromatic N) is 3. The van der Waals surface area contributed by atoms with Gasteiger partial charge in [-0.2, -0.15) is 0 Å². The Morgan fingerprint density at radius 1 is 1.26 bits per heavy atom. The minimum atomic E-state index is -3.38. The fraction of sp³-hybridized carbons (Fsp3) is 0.273. The summed E-state index contributed by atoms with van der Waals surface area (Å²) in [6, 6.07) is 5.64. The molecule has 0 atom stereocenters. The normalized spacial score (nSPS) is 12.0. The van der Waals surface area contributed by atoms with Crippen LogP contribution in [0.2, 0.25) is 0 Å². The lowest BCUT2D eigenvalue weighted by atomic mass is 10.3. The summed E-state index contributed by atoms with van der Waals surface area (Å²) < 4.78 is 26.0. The van der Waals surface area contributed by atoms with E-state index in [9.17, 15) is 8.42 Å². The van der Waals surface area contributed by atoms with Crippen molar-refractivity contribution in [1.82, 2.24) is 14.3 Å². The predicted octanol–water partition coefficient (Wildman–Crippen LogP) is 2.18. The van der Waals surface area contributed by atoms with Gasteiger partial charge >= 0.3 is 0 Å². The lowest BCUT2D eigenvalue weighted by molar-refractivity contribution is 0.593. The Hall–Kier alpha value is -0.960. The summed E-state index contributed by atoms with van der Waals surface area (Å²) in [5, 5.41) is -0.139. The highest BCUT2D eigenvalue weighted by Crippen LogP contribution is 2.33. The van der Waals surface area contributed by atoms with Crippen molar-refractivity contribution in [2.75, 3.05) is 20.4 Å². The summed E-state index contributed by atoms with van der Waals surface area (Å²) >= 11 is 3.18. The second kappa shape index (κ2) is 5.58. The largest absolute Gasteiger partial charge is 0.252 e. The van der Waals surface area contributed by atoms with Crippen LogP contribution in [0.1, 0.15) is 0 Å². The van der Waals surface area contributed by atoms with Crippen LogP contribution < -0.4 is 0 Å². The molecule has 2 aromatic rings. The Morgan fingerprint density at radius 2 is 2.00 bits per heavy atom. The predicted molar refractivity (Wildman–Crippen MR) is 78.0 cm³/mol. The average molecular weight is 315 g/mol. The van der Waals surface area contributed by atoms with Gasteiger partial charge in [-0.1, -0.05) is 0 Å². The van der Waals surface area contributed by atoms with Gasteiger partial charge in [0.1, 0.15) is 0 Å². The van der Waals surface area contributed by atoms with Crippen molar-refractivity contribution >= 4 is 33.1 Å². The van der Waals surface area contributed by atoms with Gasteiger partial charge in [-0.05, 0) is 44.2 Å². The molecule has 0 aliphatic carbocycles. The van der Waals surface area contributed by atoms with Gasteiger partial charge in [0.2, 0.25) is 15.0 Å². The lowest BCUT2D eigenvalue weighted by Gasteiger charge is -2.04. The first-order chi connectivity index (χ1) is 8.86. The first-order valence-electron chi connectivity index (χ1n) is 5.35. The van der Waals surface area contributed by atoms with Crippen LogP contribution in [0.4, 0.5) is 0 Å². The Balaban J connectivity index is 2.34. The van der Waals surface area contributed by atoms with E-state index in [1.807, 2.05) is 30.5 Å². The molecule has 0 saturated heterocycles. The lowest BCUT2D eigenvalue weighted by Crippen LogP contribution is -2.03. The molecule has 5 nitrogen and oxygen atoms in total. The molecule has 0 saturated carbocycles. The van der Waals surface area contributed by atoms with E-state index in [0.29, 0.717) is 5.69 Å². The summed E-state index contributed by atoms with van der Waals surface area (Å²) in [6.07, 6.45) is 2.57. The van der Waals surface area contributed by atoms with Gasteiger partial charge in [-0.3, -0.25) is 4.31 Å². The minimum absolute atomic E-state index is 0.139. The molecule has 0 amide bonds. The topological polar surface area (TPSA) is 63.2 Å². The van der Waals surface area contributed by atoms with E-state index in [1.165, 1.54) is 6.20 Å². The molecule has 0 radical (unpaired) electrons. The second-order valence-electron chi connectivity index (χ2n) is 4.02. The molecule has 0 unspecified atom stereocenters. The molecule has 0 N–H and O–H groups in total. The van der Waals surface area contributed by atoms with E-state index in [-0.39, 0.29) is 5.16 Å². The van der Waals surface area contributed by atoms with E-state index >= 15 is 0 Å². The quantitative estimate of drug-likeness (QED) is 0.636. The average Bonchev–Trinajstić information content (AvgIpc) is 2.76. The minimum Gasteiger partial charge on any atom is -0.252 e. The van der Waals surface area contributed by atoms with Crippen LogP contribution in [0.5, 0.6) is 0 Å². The summed E-state index contributed by atoms with van der Waals surface area (Å²) in [7, 11) is 0.561. The Morgan fingerprint density at radius 3 is 2.63 bits per heavy atom. The standard InChI is InChI=1S/C11H13N3O2S3/c1-14(2)18-10-5-4-9(17-10)8-6-7-12-11(13-8)19(3,15)16/h4-7H,1-3H3. The first-order valence-corrected chi connectivity index (χ1v) is 8.83. The van der Waals surface area contributed by atoms with Gasteiger partial charge in [0.25, 0.3) is 0 Å². The molecular weight excluding hydrogens is 302 g/mol. The van der Waals surface area contributed by atoms with Crippen molar-refractivity contribution in [3.63, 3.8) is 0 Å². The maximum Gasteiger partial charge on any atom is 0.247 e. The molecule has 0 aliphatic heterocycles. The molecule has 0 fully saturated rings. The number of rotatable bonds is 4. The molecule has 2 aromatic heterocycles. The number of thiophene rings is 1. The Labute approximate surface area is 120 Å². The fourth-order valence-corrected chi connectivity index (χ4v) is 3.92. The van der Waals surface area contributed by atoms with E-state index in [4.69, 9.17) is 0 Å². The maximum atomic E-state index is 11.4. The monoisotopic (exact) mass is 315 g/mol. The molecule has 0 spiro atoms. The molecular formula is C11H13N3O2S3. The van der Waals surface area contributed by atoms with Crippen LogP contribution in [-0.2, 0) is 9.84 Å². The number of aromatic nitrogens is 2. The fourth-order valence-electron chi connectivity index (χ4n) is 1.34. The van der Waals surface area contributed by atoms with E-state index in [1.54, 1.807) is 29.4 Å². The van der Waals surface area contributed by atoms with Crippen molar-refractivity contribution in [2.24, 2.45) is 0 Å². The SMILES string of the molecule is CN(C)Sc1ccc(-c2ccnc(S(C)(=O)=O)n2)s1. The van der Waals surface area contributed by atoms with Crippen LogP contribution in [0, 0.1) is 0 Å². The smallest absolute Gasteiger partial charge is 0.247 e. The van der Waals surface area contributed by atoms with Crippen molar-refractivity contribution in [2.45, 2.75) is 9.37 Å². The van der Waals surface area contributed by atoms with Crippen molar-refractivity contribution < 1.29 is 8.42 Å². The molecule has 102 valence electrons. The van der Waals surface area contributed by atoms with Crippen molar-refractivity contribution in [3.8, 4) is 10.6 Å². The van der Waals surface area contributed by atoms with Crippen LogP contribution in [-0.4, -0.2) is 43.0 Å². The zero-order chi connectivity index (χ0) is 14.0. The highest BCUT2D eigenvalue weighted by atomic mass is 32.2. The summed E-state index contributed by atoms with van der Waals surface area (Å²) in [6.45, 7) is 0. The summed E-state index contributed by atoms with van der Waals surface area (Å²) in [5.74, 6) is 0.